The van der Waals surface area contributed by atoms with Crippen LogP contribution in [0.1, 0.15) is 48.0 Å². The van der Waals surface area contributed by atoms with Crippen LogP contribution in [0.4, 0.5) is 0 Å². The molecule has 0 saturated heterocycles. The Labute approximate surface area is 135 Å². The number of hydrogen-bond donors (Lipinski definition) is 3. The van der Waals surface area contributed by atoms with Crippen LogP contribution < -0.4 is 10.5 Å². The molecule has 1 amide bonds. The number of hydrogen-bond acceptors (Lipinski definition) is 4. The number of unbranched alkanes of at least 4 members (excludes halogenated alkanes) is 3. The molecule has 1 aromatic carbocycles. The van der Waals surface area contributed by atoms with E-state index in [4.69, 9.17) is 10.2 Å². The molecular weight excluding hydrogens is 320 g/mol. The zero-order valence-electron chi connectivity index (χ0n) is 12.8. The molecule has 0 aliphatic carbocycles. The summed E-state index contributed by atoms with van der Waals surface area (Å²) in [6.45, 7) is 0.491. The van der Waals surface area contributed by atoms with Crippen LogP contribution in [0.15, 0.2) is 24.3 Å². The molecule has 0 bridgehead atoms. The number of carbonyl (C=O) groups is 2. The van der Waals surface area contributed by atoms with Crippen molar-refractivity contribution in [3.05, 3.63) is 35.4 Å². The zero-order chi connectivity index (χ0) is 17.3. The van der Waals surface area contributed by atoms with E-state index < -0.39 is 16.0 Å². The molecule has 0 saturated carbocycles. The molecule has 23 heavy (non-hydrogen) atoms. The summed E-state index contributed by atoms with van der Waals surface area (Å²) in [6.07, 6.45) is 3.23. The van der Waals surface area contributed by atoms with E-state index in [0.717, 1.165) is 19.3 Å². The van der Waals surface area contributed by atoms with E-state index in [1.54, 1.807) is 18.2 Å². The van der Waals surface area contributed by atoms with Crippen molar-refractivity contribution in [1.29, 1.82) is 0 Å². The number of benzene rings is 1. The molecule has 0 atom stereocenters. The van der Waals surface area contributed by atoms with Crippen LogP contribution in [0.3, 0.4) is 0 Å². The fourth-order valence-corrected chi connectivity index (χ4v) is 2.74. The number of carboxylic acid groups (broad SMARTS) is 1. The van der Waals surface area contributed by atoms with Crippen molar-refractivity contribution in [2.24, 2.45) is 5.14 Å². The minimum Gasteiger partial charge on any atom is -0.481 e. The van der Waals surface area contributed by atoms with Crippen LogP contribution in [0.5, 0.6) is 0 Å². The number of rotatable bonds is 10. The van der Waals surface area contributed by atoms with Gasteiger partial charge in [0.15, 0.2) is 0 Å². The molecule has 1 aromatic rings. The van der Waals surface area contributed by atoms with E-state index in [2.05, 4.69) is 5.32 Å². The van der Waals surface area contributed by atoms with E-state index in [1.807, 2.05) is 0 Å². The lowest BCUT2D eigenvalue weighted by molar-refractivity contribution is -0.137. The van der Waals surface area contributed by atoms with E-state index in [9.17, 15) is 18.0 Å². The highest BCUT2D eigenvalue weighted by molar-refractivity contribution is 7.88. The van der Waals surface area contributed by atoms with Gasteiger partial charge in [-0.3, -0.25) is 9.59 Å². The lowest BCUT2D eigenvalue weighted by atomic mass is 10.1. The van der Waals surface area contributed by atoms with E-state index in [1.165, 1.54) is 6.07 Å². The maximum atomic E-state index is 12.0. The predicted molar refractivity (Wildman–Crippen MR) is 86.3 cm³/mol. The second kappa shape index (κ2) is 9.26. The average molecular weight is 342 g/mol. The van der Waals surface area contributed by atoms with Crippen molar-refractivity contribution in [3.63, 3.8) is 0 Å². The van der Waals surface area contributed by atoms with Gasteiger partial charge in [-0.15, -0.1) is 0 Å². The first kappa shape index (κ1) is 19.1. The quantitative estimate of drug-likeness (QED) is 0.551. The second-order valence-corrected chi connectivity index (χ2v) is 6.94. The standard InChI is InChI=1S/C15H22N2O5S/c16-23(21,22)11-12-6-5-7-13(10-12)15(20)17-9-4-2-1-3-8-14(18)19/h5-7,10H,1-4,8-9,11H2,(H,17,20)(H,18,19)(H2,16,21,22). The molecule has 0 spiro atoms. The van der Waals surface area contributed by atoms with Crippen molar-refractivity contribution in [2.45, 2.75) is 37.9 Å². The molecule has 0 aliphatic heterocycles. The third-order valence-corrected chi connectivity index (χ3v) is 3.90. The Kier molecular flexibility index (Phi) is 7.70. The summed E-state index contributed by atoms with van der Waals surface area (Å²) in [5.41, 5.74) is 0.853. The smallest absolute Gasteiger partial charge is 0.303 e. The van der Waals surface area contributed by atoms with Gasteiger partial charge in [-0.25, -0.2) is 13.6 Å². The van der Waals surface area contributed by atoms with Gasteiger partial charge < -0.3 is 10.4 Å². The number of amides is 1. The van der Waals surface area contributed by atoms with Gasteiger partial charge in [0.1, 0.15) is 0 Å². The van der Waals surface area contributed by atoms with Crippen molar-refractivity contribution < 1.29 is 23.1 Å². The first-order valence-corrected chi connectivity index (χ1v) is 9.09. The monoisotopic (exact) mass is 342 g/mol. The number of nitrogens with two attached hydrogens (primary N) is 1. The van der Waals surface area contributed by atoms with Crippen LogP contribution in [-0.2, 0) is 20.6 Å². The van der Waals surface area contributed by atoms with E-state index in [0.29, 0.717) is 24.1 Å². The number of nitrogens with one attached hydrogen (secondary N) is 1. The Bertz CT molecular complexity index is 643. The van der Waals surface area contributed by atoms with Crippen LogP contribution in [0, 0.1) is 0 Å². The molecule has 0 aliphatic rings. The maximum absolute atomic E-state index is 12.0. The number of carbonyl (C=O) groups excluding carboxylic acids is 1. The molecule has 0 fully saturated rings. The Balaban J connectivity index is 2.35. The van der Waals surface area contributed by atoms with E-state index in [-0.39, 0.29) is 18.1 Å². The van der Waals surface area contributed by atoms with Crippen molar-refractivity contribution in [1.82, 2.24) is 5.32 Å². The predicted octanol–water partition coefficient (Wildman–Crippen LogP) is 1.24. The summed E-state index contributed by atoms with van der Waals surface area (Å²) < 4.78 is 22.1. The molecule has 128 valence electrons. The largest absolute Gasteiger partial charge is 0.481 e. The van der Waals surface area contributed by atoms with Crippen LogP contribution in [0.2, 0.25) is 0 Å². The summed E-state index contributed by atoms with van der Waals surface area (Å²) in [7, 11) is -3.63. The molecule has 7 nitrogen and oxygen atoms in total. The normalized spacial score (nSPS) is 11.2. The highest BCUT2D eigenvalue weighted by atomic mass is 32.2. The van der Waals surface area contributed by atoms with Gasteiger partial charge in [0, 0.05) is 18.5 Å². The fraction of sp³-hybridized carbons (Fsp3) is 0.467. The Morgan fingerprint density at radius 1 is 1.13 bits per heavy atom. The lowest BCUT2D eigenvalue weighted by Gasteiger charge is -2.07. The van der Waals surface area contributed by atoms with Gasteiger partial charge in [0.25, 0.3) is 5.91 Å². The molecule has 1 rings (SSSR count). The third kappa shape index (κ3) is 8.94. The zero-order valence-corrected chi connectivity index (χ0v) is 13.6. The molecule has 4 N–H and O–H groups in total. The highest BCUT2D eigenvalue weighted by Crippen LogP contribution is 2.08. The minimum absolute atomic E-state index is 0.170. The second-order valence-electron chi connectivity index (χ2n) is 5.32. The van der Waals surface area contributed by atoms with Gasteiger partial charge in [-0.05, 0) is 30.5 Å². The maximum Gasteiger partial charge on any atom is 0.303 e. The fourth-order valence-electron chi connectivity index (χ4n) is 2.09. The Morgan fingerprint density at radius 2 is 1.83 bits per heavy atom. The lowest BCUT2D eigenvalue weighted by Crippen LogP contribution is -2.24. The molecule has 0 heterocycles. The summed E-state index contributed by atoms with van der Waals surface area (Å²) in [4.78, 5) is 22.3. The molecule has 0 unspecified atom stereocenters. The highest BCUT2D eigenvalue weighted by Gasteiger charge is 2.09. The van der Waals surface area contributed by atoms with Crippen LogP contribution in [0.25, 0.3) is 0 Å². The summed E-state index contributed by atoms with van der Waals surface area (Å²) in [5.74, 6) is -1.37. The SMILES string of the molecule is NS(=O)(=O)Cc1cccc(C(=O)NCCCCCCC(=O)O)c1. The molecular formula is C15H22N2O5S. The molecule has 8 heteroatoms. The van der Waals surface area contributed by atoms with Crippen LogP contribution in [-0.4, -0.2) is 31.9 Å². The van der Waals surface area contributed by atoms with Crippen molar-refractivity contribution in [2.75, 3.05) is 6.54 Å². The summed E-state index contributed by atoms with van der Waals surface area (Å²) in [6, 6.07) is 6.33. The third-order valence-electron chi connectivity index (χ3n) is 3.16. The Morgan fingerprint density at radius 3 is 2.48 bits per heavy atom. The van der Waals surface area contributed by atoms with Crippen molar-refractivity contribution in [3.8, 4) is 0 Å². The molecule has 0 radical (unpaired) electrons. The van der Waals surface area contributed by atoms with E-state index >= 15 is 0 Å². The van der Waals surface area contributed by atoms with Gasteiger partial charge in [-0.1, -0.05) is 25.0 Å². The first-order valence-electron chi connectivity index (χ1n) is 7.37. The molecule has 0 aromatic heterocycles. The summed E-state index contributed by atoms with van der Waals surface area (Å²) in [5, 5.41) is 16.2. The number of primary sulfonamides is 1. The topological polar surface area (TPSA) is 127 Å². The van der Waals surface area contributed by atoms with Gasteiger partial charge in [0.2, 0.25) is 10.0 Å². The minimum atomic E-state index is -3.63. The Hall–Kier alpha value is -1.93. The van der Waals surface area contributed by atoms with Gasteiger partial charge >= 0.3 is 5.97 Å². The number of carboxylic acids is 1. The van der Waals surface area contributed by atoms with Crippen LogP contribution >= 0.6 is 0 Å². The number of aliphatic carboxylic acids is 1. The average Bonchev–Trinajstić information content (AvgIpc) is 2.44. The number of sulfonamides is 1. The van der Waals surface area contributed by atoms with Gasteiger partial charge in [-0.2, -0.15) is 0 Å². The van der Waals surface area contributed by atoms with Gasteiger partial charge in [0.05, 0.1) is 5.75 Å². The first-order chi connectivity index (χ1) is 10.8. The summed E-state index contributed by atoms with van der Waals surface area (Å²) >= 11 is 0. The van der Waals surface area contributed by atoms with Crippen molar-refractivity contribution >= 4 is 21.9 Å².